The van der Waals surface area contributed by atoms with Gasteiger partial charge in [0.05, 0.1) is 40.9 Å². The lowest BCUT2D eigenvalue weighted by molar-refractivity contribution is -0.111. The van der Waals surface area contributed by atoms with Gasteiger partial charge in [0.25, 0.3) is 0 Å². The van der Waals surface area contributed by atoms with Gasteiger partial charge in [0.1, 0.15) is 17.6 Å². The number of hydrogen-bond donors (Lipinski definition) is 2. The van der Waals surface area contributed by atoms with Crippen LogP contribution in [0.5, 0.6) is 5.75 Å². The van der Waals surface area contributed by atoms with Gasteiger partial charge in [-0.15, -0.1) is 0 Å². The summed E-state index contributed by atoms with van der Waals surface area (Å²) < 4.78 is 126. The van der Waals surface area contributed by atoms with Crippen molar-refractivity contribution in [3.05, 3.63) is 65.0 Å². The van der Waals surface area contributed by atoms with E-state index in [-0.39, 0.29) is 27.1 Å². The lowest BCUT2D eigenvalue weighted by Gasteiger charge is -2.16. The average molecular weight is 482 g/mol. The van der Waals surface area contributed by atoms with Crippen LogP contribution in [0.1, 0.15) is 31.6 Å². The highest BCUT2D eigenvalue weighted by atomic mass is 35.5. The molecule has 33 heavy (non-hydrogen) atoms. The summed E-state index contributed by atoms with van der Waals surface area (Å²) in [7, 11) is 0. The highest BCUT2D eigenvalue weighted by molar-refractivity contribution is 6.31. The number of fused-ring (bicyclic) bond motifs is 1. The minimum Gasteiger partial charge on any atom is -0.492 e. The van der Waals surface area contributed by atoms with Crippen molar-refractivity contribution in [3.63, 3.8) is 0 Å². The predicted octanol–water partition coefficient (Wildman–Crippen LogP) is 5.10. The maximum absolute atomic E-state index is 14.2. The second-order valence-corrected chi connectivity index (χ2v) is 6.61. The molecule has 0 radical (unpaired) electrons. The van der Waals surface area contributed by atoms with Gasteiger partial charge in [-0.2, -0.15) is 5.26 Å². The number of carbonyl (C=O) groups excluding carboxylic acids is 1. The number of nitrogens with zero attached hydrogens (tertiary/aromatic N) is 3. The maximum Gasteiger partial charge on any atom is 0.248 e. The van der Waals surface area contributed by atoms with E-state index in [4.69, 9.17) is 35.5 Å². The smallest absolute Gasteiger partial charge is 0.248 e. The van der Waals surface area contributed by atoms with Gasteiger partial charge >= 0.3 is 0 Å². The molecule has 3 aromatic rings. The molecule has 0 atom stereocenters. The molecule has 2 aromatic carbocycles. The molecule has 2 N–H and O–H groups in total. The minimum absolute atomic E-state index is 0.0631. The standard InChI is InChI=1S/C24H23ClFN5O2/c1-4-33-22-12-20-17(11-21(22)30-23(32)6-5-9-31(2)3)24(15(13-27)14-28-20)29-16-7-8-19(26)18(25)10-16/h5-8,10-12,14H,4,9H2,1-3H3,(H,28,29)(H,30,32)/b6-5+/i1D3,2D3,3D3,4D2,7D,8D,10D. The van der Waals surface area contributed by atoms with E-state index in [2.05, 4.69) is 15.6 Å². The normalized spacial score (nSPS) is 18.8. The van der Waals surface area contributed by atoms with Crippen molar-refractivity contribution in [1.82, 2.24) is 9.88 Å². The Balaban J connectivity index is 2.19. The lowest BCUT2D eigenvalue weighted by atomic mass is 10.1. The van der Waals surface area contributed by atoms with E-state index in [0.29, 0.717) is 0 Å². The number of hydrogen-bond acceptors (Lipinski definition) is 6. The van der Waals surface area contributed by atoms with Gasteiger partial charge in [-0.05, 0) is 45.0 Å². The number of ether oxygens (including phenoxy) is 1. The number of halogens is 2. The Morgan fingerprint density at radius 1 is 1.48 bits per heavy atom. The Labute approximate surface area is 216 Å². The van der Waals surface area contributed by atoms with Crippen LogP contribution in [0.2, 0.25) is 5.02 Å². The second-order valence-electron chi connectivity index (χ2n) is 6.23. The predicted molar refractivity (Wildman–Crippen MR) is 129 cm³/mol. The molecular weight excluding hydrogens is 445 g/mol. The summed E-state index contributed by atoms with van der Waals surface area (Å²) in [6, 6.07) is 1.42. The number of likely N-dealkylation sites (N-methyl/N-ethyl adjacent to an activating group) is 1. The fourth-order valence-electron chi connectivity index (χ4n) is 2.67. The van der Waals surface area contributed by atoms with Crippen molar-refractivity contribution < 1.29 is 33.1 Å². The van der Waals surface area contributed by atoms with Gasteiger partial charge in [-0.25, -0.2) is 4.39 Å². The molecule has 0 bridgehead atoms. The molecule has 7 nitrogen and oxygen atoms in total. The van der Waals surface area contributed by atoms with Crippen molar-refractivity contribution in [2.45, 2.75) is 6.85 Å². The van der Waals surface area contributed by atoms with Crippen molar-refractivity contribution in [2.75, 3.05) is 37.7 Å². The Bertz CT molecular complexity index is 1740. The van der Waals surface area contributed by atoms with Crippen LogP contribution in [0.4, 0.5) is 21.5 Å². The van der Waals surface area contributed by atoms with Gasteiger partial charge in [-0.1, -0.05) is 17.7 Å². The van der Waals surface area contributed by atoms with Crippen molar-refractivity contribution in [2.24, 2.45) is 0 Å². The van der Waals surface area contributed by atoms with Crippen LogP contribution in [-0.2, 0) is 4.79 Å². The number of rotatable bonds is 8. The Morgan fingerprint density at radius 3 is 3.09 bits per heavy atom. The fraction of sp³-hybridized carbons (Fsp3) is 0.208. The molecule has 0 spiro atoms. The molecule has 170 valence electrons. The molecule has 0 saturated heterocycles. The van der Waals surface area contributed by atoms with E-state index in [1.54, 1.807) is 0 Å². The zero-order chi connectivity index (χ0) is 35.9. The quantitative estimate of drug-likeness (QED) is 0.435. The summed E-state index contributed by atoms with van der Waals surface area (Å²) >= 11 is 5.83. The number of benzene rings is 2. The monoisotopic (exact) mass is 481 g/mol. The zero-order valence-electron chi connectivity index (χ0n) is 30.5. The molecule has 0 aliphatic heterocycles. The van der Waals surface area contributed by atoms with Crippen LogP contribution in [0.15, 0.2) is 48.6 Å². The van der Waals surface area contributed by atoms with E-state index < -0.39 is 85.9 Å². The van der Waals surface area contributed by atoms with Gasteiger partial charge in [-0.3, -0.25) is 9.78 Å². The number of carbonyl (C=O) groups is 1. The van der Waals surface area contributed by atoms with Gasteiger partial charge in [0, 0.05) is 48.3 Å². The van der Waals surface area contributed by atoms with Crippen molar-refractivity contribution in [3.8, 4) is 11.8 Å². The third-order valence-electron chi connectivity index (χ3n) is 4.04. The fourth-order valence-corrected chi connectivity index (χ4v) is 2.81. The molecule has 0 aliphatic rings. The summed E-state index contributed by atoms with van der Waals surface area (Å²) in [5, 5.41) is 13.8. The summed E-state index contributed by atoms with van der Waals surface area (Å²) in [6.45, 7) is -13.5. The summed E-state index contributed by atoms with van der Waals surface area (Å²) in [4.78, 5) is 17.1. The molecule has 3 rings (SSSR count). The van der Waals surface area contributed by atoms with E-state index in [1.807, 2.05) is 6.07 Å². The van der Waals surface area contributed by atoms with Crippen LogP contribution in [-0.4, -0.2) is 42.8 Å². The summed E-state index contributed by atoms with van der Waals surface area (Å²) in [5.74, 6) is -2.93. The number of nitrogens with one attached hydrogen (secondary N) is 2. The molecule has 1 aromatic heterocycles. The summed E-state index contributed by atoms with van der Waals surface area (Å²) in [5.41, 5.74) is -1.41. The molecule has 0 aliphatic carbocycles. The highest BCUT2D eigenvalue weighted by Crippen LogP contribution is 2.36. The molecule has 0 saturated carbocycles. The first-order valence-electron chi connectivity index (χ1n) is 15.9. The topological polar surface area (TPSA) is 90.3 Å². The van der Waals surface area contributed by atoms with E-state index >= 15 is 0 Å². The van der Waals surface area contributed by atoms with Gasteiger partial charge in [0.2, 0.25) is 5.91 Å². The Hall–Kier alpha value is -3.67. The molecular formula is C24H23ClFN5O2. The molecule has 9 heteroatoms. The van der Waals surface area contributed by atoms with Gasteiger partial charge < -0.3 is 20.3 Å². The summed E-state index contributed by atoms with van der Waals surface area (Å²) in [6.07, 6.45) is 2.70. The molecule has 1 heterocycles. The Kier molecular flexibility index (Phi) is 3.74. The molecule has 0 fully saturated rings. The average Bonchev–Trinajstić information content (AvgIpc) is 2.93. The third-order valence-corrected chi connectivity index (χ3v) is 4.30. The molecule has 1 amide bonds. The maximum atomic E-state index is 14.2. The van der Waals surface area contributed by atoms with Crippen LogP contribution in [0.3, 0.4) is 0 Å². The number of anilines is 3. The molecule has 0 unspecified atom stereocenters. The van der Waals surface area contributed by atoms with Crippen molar-refractivity contribution in [1.29, 1.82) is 5.26 Å². The van der Waals surface area contributed by atoms with Crippen LogP contribution in [0.25, 0.3) is 10.9 Å². The first kappa shape index (κ1) is 11.5. The third kappa shape index (κ3) is 5.98. The number of nitriles is 1. The largest absolute Gasteiger partial charge is 0.492 e. The van der Waals surface area contributed by atoms with Crippen LogP contribution >= 0.6 is 11.6 Å². The zero-order valence-corrected chi connectivity index (χ0v) is 17.3. The Morgan fingerprint density at radius 2 is 2.33 bits per heavy atom. The lowest BCUT2D eigenvalue weighted by Crippen LogP contribution is -2.13. The van der Waals surface area contributed by atoms with Crippen LogP contribution in [0, 0.1) is 17.1 Å². The second kappa shape index (κ2) is 10.8. The minimum atomic E-state index is -3.33. The first-order chi connectivity index (χ1) is 21.4. The van der Waals surface area contributed by atoms with Crippen LogP contribution < -0.4 is 15.4 Å². The van der Waals surface area contributed by atoms with Gasteiger partial charge in [0.15, 0.2) is 0 Å². The van der Waals surface area contributed by atoms with E-state index in [0.717, 1.165) is 30.5 Å². The van der Waals surface area contributed by atoms with E-state index in [9.17, 15) is 14.4 Å². The number of pyridine rings is 1. The first-order valence-corrected chi connectivity index (χ1v) is 9.31. The SMILES string of the molecule is [2H]c1c([2H])c(Nc2c(C#N)cnc3cc(OC([2H])([2H])C([2H])([2H])[2H])c(NC(=O)/C=C/CN(C([2H])([2H])[2H])C([2H])([2H])[2H])cc23)c([2H])c(Cl)c1F. The number of aromatic nitrogens is 1. The highest BCUT2D eigenvalue weighted by Gasteiger charge is 2.15. The van der Waals surface area contributed by atoms with Crippen molar-refractivity contribution >= 4 is 45.5 Å². The van der Waals surface area contributed by atoms with E-state index in [1.165, 1.54) is 0 Å². The number of amides is 1.